The lowest BCUT2D eigenvalue weighted by atomic mass is 10.1. The number of nitrogens with zero attached hydrogens (tertiary/aromatic N) is 1. The van der Waals surface area contributed by atoms with Gasteiger partial charge in [-0.15, -0.1) is 0 Å². The van der Waals surface area contributed by atoms with Crippen LogP contribution >= 0.6 is 15.9 Å². The summed E-state index contributed by atoms with van der Waals surface area (Å²) < 4.78 is 5.73. The molecule has 0 bridgehead atoms. The van der Waals surface area contributed by atoms with Gasteiger partial charge in [-0.25, -0.2) is 9.59 Å². The minimum Gasteiger partial charge on any atom is -0.480 e. The fourth-order valence-electron chi connectivity index (χ4n) is 1.83. The molecule has 1 N–H and O–H groups in total. The van der Waals surface area contributed by atoms with E-state index in [1.807, 2.05) is 13.0 Å². The zero-order valence-corrected chi connectivity index (χ0v) is 11.3. The van der Waals surface area contributed by atoms with E-state index in [0.717, 1.165) is 10.0 Å². The van der Waals surface area contributed by atoms with Gasteiger partial charge in [0.2, 0.25) is 0 Å². The number of ether oxygens (including phenoxy) is 1. The van der Waals surface area contributed by atoms with Crippen molar-refractivity contribution >= 4 is 33.7 Å². The number of carbonyl (C=O) groups is 2. The Kier molecular flexibility index (Phi) is 3.56. The molecule has 0 aromatic heterocycles. The molecule has 2 rings (SSSR count). The van der Waals surface area contributed by atoms with Crippen LogP contribution in [0.4, 0.5) is 10.5 Å². The largest absolute Gasteiger partial charge is 0.480 e. The van der Waals surface area contributed by atoms with Crippen LogP contribution in [0.3, 0.4) is 0 Å². The summed E-state index contributed by atoms with van der Waals surface area (Å²) >= 11 is 3.36. The second-order valence-corrected chi connectivity index (χ2v) is 4.91. The van der Waals surface area contributed by atoms with E-state index in [1.165, 1.54) is 4.90 Å². The van der Waals surface area contributed by atoms with Gasteiger partial charge in [0.05, 0.1) is 6.61 Å². The van der Waals surface area contributed by atoms with Gasteiger partial charge in [-0.05, 0) is 24.6 Å². The van der Waals surface area contributed by atoms with Crippen molar-refractivity contribution < 1.29 is 19.4 Å². The van der Waals surface area contributed by atoms with E-state index in [0.29, 0.717) is 5.69 Å². The molecule has 1 unspecified atom stereocenters. The summed E-state index contributed by atoms with van der Waals surface area (Å²) in [6.07, 6.45) is -0.337. The van der Waals surface area contributed by atoms with E-state index >= 15 is 0 Å². The SMILES string of the molecule is Cc1ccc(N2C(=O)OCCC2C(=O)O)cc1Br. The molecule has 6 heteroatoms. The summed E-state index contributed by atoms with van der Waals surface area (Å²) in [5, 5.41) is 9.15. The van der Waals surface area contributed by atoms with Gasteiger partial charge in [-0.2, -0.15) is 0 Å². The van der Waals surface area contributed by atoms with Gasteiger partial charge in [0.1, 0.15) is 6.04 Å². The monoisotopic (exact) mass is 313 g/mol. The third-order valence-electron chi connectivity index (χ3n) is 2.84. The van der Waals surface area contributed by atoms with Crippen LogP contribution in [-0.2, 0) is 9.53 Å². The average Bonchev–Trinajstić information content (AvgIpc) is 2.32. The normalized spacial score (nSPS) is 19.6. The third-order valence-corrected chi connectivity index (χ3v) is 3.70. The molecule has 1 heterocycles. The van der Waals surface area contributed by atoms with Crippen molar-refractivity contribution in [2.24, 2.45) is 0 Å². The van der Waals surface area contributed by atoms with Crippen LogP contribution in [0, 0.1) is 6.92 Å². The first kappa shape index (κ1) is 12.9. The van der Waals surface area contributed by atoms with Gasteiger partial charge >= 0.3 is 12.1 Å². The summed E-state index contributed by atoms with van der Waals surface area (Å²) in [6, 6.07) is 4.38. The van der Waals surface area contributed by atoms with E-state index < -0.39 is 18.1 Å². The molecule has 0 aliphatic carbocycles. The van der Waals surface area contributed by atoms with Crippen molar-refractivity contribution in [3.63, 3.8) is 0 Å². The van der Waals surface area contributed by atoms with E-state index in [1.54, 1.807) is 12.1 Å². The third kappa shape index (κ3) is 2.33. The number of hydrogen-bond donors (Lipinski definition) is 1. The number of anilines is 1. The van der Waals surface area contributed by atoms with Crippen molar-refractivity contribution in [2.75, 3.05) is 11.5 Å². The number of aryl methyl sites for hydroxylation is 1. The fourth-order valence-corrected chi connectivity index (χ4v) is 2.20. The Morgan fingerprint density at radius 2 is 2.28 bits per heavy atom. The minimum absolute atomic E-state index is 0.138. The predicted molar refractivity (Wildman–Crippen MR) is 68.7 cm³/mol. The number of carboxylic acid groups (broad SMARTS) is 1. The first-order valence-corrected chi connectivity index (χ1v) is 6.25. The highest BCUT2D eigenvalue weighted by Gasteiger charge is 2.35. The van der Waals surface area contributed by atoms with Crippen molar-refractivity contribution in [3.05, 3.63) is 28.2 Å². The highest BCUT2D eigenvalue weighted by Crippen LogP contribution is 2.28. The van der Waals surface area contributed by atoms with Gasteiger partial charge in [-0.3, -0.25) is 4.90 Å². The Bertz CT molecular complexity index is 503. The van der Waals surface area contributed by atoms with Gasteiger partial charge in [0, 0.05) is 16.6 Å². The Morgan fingerprint density at radius 1 is 1.56 bits per heavy atom. The lowest BCUT2D eigenvalue weighted by Crippen LogP contribution is -2.50. The second-order valence-electron chi connectivity index (χ2n) is 4.06. The van der Waals surface area contributed by atoms with Crippen LogP contribution in [0.5, 0.6) is 0 Å². The molecule has 0 radical (unpaired) electrons. The zero-order chi connectivity index (χ0) is 13.3. The topological polar surface area (TPSA) is 66.8 Å². The number of carboxylic acids is 1. The predicted octanol–water partition coefficient (Wildman–Crippen LogP) is 2.56. The standard InChI is InChI=1S/C12H12BrNO4/c1-7-2-3-8(6-9(7)13)14-10(11(15)16)4-5-18-12(14)17/h2-3,6,10H,4-5H2,1H3,(H,15,16). The van der Waals surface area contributed by atoms with E-state index in [4.69, 9.17) is 9.84 Å². The molecule has 1 fully saturated rings. The maximum Gasteiger partial charge on any atom is 0.415 e. The summed E-state index contributed by atoms with van der Waals surface area (Å²) in [7, 11) is 0. The van der Waals surface area contributed by atoms with Crippen molar-refractivity contribution in [1.29, 1.82) is 0 Å². The van der Waals surface area contributed by atoms with E-state index in [9.17, 15) is 9.59 Å². The van der Waals surface area contributed by atoms with Crippen LogP contribution in [0.1, 0.15) is 12.0 Å². The van der Waals surface area contributed by atoms with E-state index in [2.05, 4.69) is 15.9 Å². The molecule has 96 valence electrons. The summed E-state index contributed by atoms with van der Waals surface area (Å²) in [5.41, 5.74) is 1.53. The smallest absolute Gasteiger partial charge is 0.415 e. The van der Waals surface area contributed by atoms with Crippen molar-refractivity contribution in [3.8, 4) is 0 Å². The maximum absolute atomic E-state index is 11.7. The van der Waals surface area contributed by atoms with Gasteiger partial charge in [0.15, 0.2) is 0 Å². The number of rotatable bonds is 2. The second kappa shape index (κ2) is 4.97. The molecule has 1 aromatic rings. The number of cyclic esters (lactones) is 1. The van der Waals surface area contributed by atoms with E-state index in [-0.39, 0.29) is 13.0 Å². The number of halogens is 1. The molecule has 1 aliphatic rings. The Labute approximate surface area is 112 Å². The lowest BCUT2D eigenvalue weighted by Gasteiger charge is -2.32. The number of amides is 1. The van der Waals surface area contributed by atoms with Crippen LogP contribution in [0.2, 0.25) is 0 Å². The highest BCUT2D eigenvalue weighted by atomic mass is 79.9. The zero-order valence-electron chi connectivity index (χ0n) is 9.72. The molecule has 1 aliphatic heterocycles. The van der Waals surface area contributed by atoms with Crippen LogP contribution in [0.25, 0.3) is 0 Å². The van der Waals surface area contributed by atoms with Crippen LogP contribution in [-0.4, -0.2) is 29.8 Å². The van der Waals surface area contributed by atoms with Crippen LogP contribution < -0.4 is 4.90 Å². The first-order valence-electron chi connectivity index (χ1n) is 5.45. The van der Waals surface area contributed by atoms with Gasteiger partial charge in [0.25, 0.3) is 0 Å². The fraction of sp³-hybridized carbons (Fsp3) is 0.333. The average molecular weight is 314 g/mol. The number of hydrogen-bond acceptors (Lipinski definition) is 3. The van der Waals surface area contributed by atoms with Crippen molar-refractivity contribution in [1.82, 2.24) is 0 Å². The molecular formula is C12H12BrNO4. The number of benzene rings is 1. The molecule has 1 atom stereocenters. The number of aliphatic carboxylic acids is 1. The molecule has 5 nitrogen and oxygen atoms in total. The summed E-state index contributed by atoms with van der Waals surface area (Å²) in [4.78, 5) is 24.1. The van der Waals surface area contributed by atoms with Crippen LogP contribution in [0.15, 0.2) is 22.7 Å². The molecule has 18 heavy (non-hydrogen) atoms. The Balaban J connectivity index is 2.40. The molecule has 0 spiro atoms. The summed E-state index contributed by atoms with van der Waals surface area (Å²) in [6.45, 7) is 2.05. The Hall–Kier alpha value is -1.56. The van der Waals surface area contributed by atoms with Gasteiger partial charge < -0.3 is 9.84 Å². The highest BCUT2D eigenvalue weighted by molar-refractivity contribution is 9.10. The molecule has 1 amide bonds. The molecule has 1 aromatic carbocycles. The molecule has 1 saturated heterocycles. The lowest BCUT2D eigenvalue weighted by molar-refractivity contribution is -0.139. The maximum atomic E-state index is 11.7. The summed E-state index contributed by atoms with van der Waals surface area (Å²) in [5.74, 6) is -1.02. The quantitative estimate of drug-likeness (QED) is 0.911. The number of carbonyl (C=O) groups excluding carboxylic acids is 1. The molecular weight excluding hydrogens is 302 g/mol. The molecule has 0 saturated carbocycles. The van der Waals surface area contributed by atoms with Gasteiger partial charge in [-0.1, -0.05) is 22.0 Å². The van der Waals surface area contributed by atoms with Crippen molar-refractivity contribution in [2.45, 2.75) is 19.4 Å². The first-order chi connectivity index (χ1) is 8.50. The minimum atomic E-state index is -1.02. The Morgan fingerprint density at radius 3 is 2.89 bits per heavy atom.